The zero-order valence-electron chi connectivity index (χ0n) is 10.00. The number of ether oxygens (including phenoxy) is 1. The molecule has 0 aliphatic heterocycles. The lowest BCUT2D eigenvalue weighted by molar-refractivity contribution is -0.142. The summed E-state index contributed by atoms with van der Waals surface area (Å²) in [6.07, 6.45) is 0.742. The number of benzene rings is 1. The van der Waals surface area contributed by atoms with Crippen LogP contribution in [0.25, 0.3) is 0 Å². The van der Waals surface area contributed by atoms with Gasteiger partial charge in [-0.1, -0.05) is 11.6 Å². The summed E-state index contributed by atoms with van der Waals surface area (Å²) in [4.78, 5) is 11.2. The van der Waals surface area contributed by atoms with E-state index in [0.29, 0.717) is 29.2 Å². The van der Waals surface area contributed by atoms with E-state index >= 15 is 0 Å². The van der Waals surface area contributed by atoms with Gasteiger partial charge in [0.15, 0.2) is 0 Å². The van der Waals surface area contributed by atoms with Crippen LogP contribution in [0.1, 0.15) is 19.8 Å². The molecular formula is C12H15ClNO3P. The van der Waals surface area contributed by atoms with Gasteiger partial charge < -0.3 is 15.2 Å². The largest absolute Gasteiger partial charge is 0.506 e. The van der Waals surface area contributed by atoms with Gasteiger partial charge in [0.1, 0.15) is 5.75 Å². The molecule has 0 spiro atoms. The van der Waals surface area contributed by atoms with Crippen molar-refractivity contribution in [3.63, 3.8) is 0 Å². The summed E-state index contributed by atoms with van der Waals surface area (Å²) in [5, 5.41) is 13.0. The van der Waals surface area contributed by atoms with Gasteiger partial charge in [0.05, 0.1) is 18.7 Å². The second-order valence-electron chi connectivity index (χ2n) is 3.57. The summed E-state index contributed by atoms with van der Waals surface area (Å²) in [6.45, 7) is 2.14. The molecule has 0 saturated heterocycles. The number of hydrogen-bond donors (Lipinski definition) is 2. The van der Waals surface area contributed by atoms with Gasteiger partial charge >= 0.3 is 5.97 Å². The molecule has 0 unspecified atom stereocenters. The number of carbonyl (C=O) groups is 1. The zero-order valence-corrected chi connectivity index (χ0v) is 11.8. The van der Waals surface area contributed by atoms with Gasteiger partial charge in [-0.25, -0.2) is 0 Å². The topological polar surface area (TPSA) is 58.6 Å². The molecule has 0 radical (unpaired) electrons. The van der Waals surface area contributed by atoms with Crippen molar-refractivity contribution in [2.24, 2.45) is 0 Å². The van der Waals surface area contributed by atoms with Gasteiger partial charge in [0.25, 0.3) is 0 Å². The number of hydrogen-bond acceptors (Lipinski definition) is 3. The number of phenolic OH excluding ortho intramolecular Hbond substituents is 1. The smallest absolute Gasteiger partial charge is 0.306 e. The summed E-state index contributed by atoms with van der Waals surface area (Å²) in [5.41, 5.74) is 1.20. The Bertz CT molecular complexity index is 451. The minimum absolute atomic E-state index is 0.0504. The monoisotopic (exact) mass is 287 g/mol. The van der Waals surface area contributed by atoms with E-state index in [-0.39, 0.29) is 18.1 Å². The van der Waals surface area contributed by atoms with E-state index in [9.17, 15) is 9.90 Å². The van der Waals surface area contributed by atoms with Crippen LogP contribution >= 0.6 is 20.5 Å². The molecule has 98 valence electrons. The lowest BCUT2D eigenvalue weighted by atomic mass is 10.2. The molecular weight excluding hydrogens is 273 g/mol. The van der Waals surface area contributed by atoms with Crippen LogP contribution in [0, 0.1) is 0 Å². The summed E-state index contributed by atoms with van der Waals surface area (Å²) in [5.74, 6) is -0.204. The lowest BCUT2D eigenvalue weighted by Crippen LogP contribution is -2.12. The van der Waals surface area contributed by atoms with Crippen LogP contribution in [0.3, 0.4) is 0 Å². The fraction of sp³-hybridized carbons (Fsp3) is 0.333. The first-order chi connectivity index (χ1) is 8.52. The molecule has 4 nitrogen and oxygen atoms in total. The molecule has 0 fully saturated rings. The Morgan fingerprint density at radius 2 is 2.22 bits per heavy atom. The fourth-order valence-corrected chi connectivity index (χ4v) is 1.72. The molecule has 6 heteroatoms. The van der Waals surface area contributed by atoms with E-state index in [1.807, 2.05) is 0 Å². The molecule has 2 N–H and O–H groups in total. The number of rotatable bonds is 6. The summed E-state index contributed by atoms with van der Waals surface area (Å²) in [7, 11) is 3.35. The Morgan fingerprint density at radius 3 is 2.83 bits per heavy atom. The first-order valence-electron chi connectivity index (χ1n) is 5.51. The van der Waals surface area contributed by atoms with Crippen molar-refractivity contribution < 1.29 is 14.6 Å². The highest BCUT2D eigenvalue weighted by Crippen LogP contribution is 2.26. The van der Waals surface area contributed by atoms with Gasteiger partial charge in [0, 0.05) is 22.9 Å². The molecule has 0 saturated carbocycles. The molecule has 0 atom stereocenters. The maximum atomic E-state index is 11.2. The average molecular weight is 288 g/mol. The Labute approximate surface area is 113 Å². The standard InChI is InChI=1S/C12H15ClNO3P/c1-2-17-12(16)6-5-11(18)14-9-4-3-8(13)7-10(9)15/h3-4,7,14-15,18H,2,5-6H2,1H3. The normalized spacial score (nSPS) is 9.89. The molecule has 0 aliphatic carbocycles. The van der Waals surface area contributed by atoms with Gasteiger partial charge in [-0.3, -0.25) is 4.79 Å². The predicted molar refractivity (Wildman–Crippen MR) is 75.9 cm³/mol. The van der Waals surface area contributed by atoms with Crippen molar-refractivity contribution in [1.82, 2.24) is 0 Å². The second-order valence-corrected chi connectivity index (χ2v) is 4.61. The average Bonchev–Trinajstić information content (AvgIpc) is 2.31. The number of phenols is 1. The van der Waals surface area contributed by atoms with Crippen molar-refractivity contribution in [2.75, 3.05) is 11.9 Å². The van der Waals surface area contributed by atoms with Gasteiger partial charge in [-0.15, -0.1) is 8.86 Å². The lowest BCUT2D eigenvalue weighted by Gasteiger charge is -2.10. The summed E-state index contributed by atoms with van der Waals surface area (Å²) < 4.78 is 4.81. The Kier molecular flexibility index (Phi) is 5.96. The molecule has 1 aromatic carbocycles. The number of halogens is 1. The molecule has 18 heavy (non-hydrogen) atoms. The Morgan fingerprint density at radius 1 is 1.50 bits per heavy atom. The Hall–Kier alpha value is -1.25. The fourth-order valence-electron chi connectivity index (χ4n) is 1.30. The third-order valence-electron chi connectivity index (χ3n) is 2.13. The van der Waals surface area contributed by atoms with Crippen molar-refractivity contribution in [3.05, 3.63) is 23.2 Å². The third kappa shape index (κ3) is 4.94. The number of esters is 1. The van der Waals surface area contributed by atoms with Crippen molar-refractivity contribution in [2.45, 2.75) is 19.8 Å². The highest BCUT2D eigenvalue weighted by atomic mass is 35.5. The van der Waals surface area contributed by atoms with E-state index in [1.54, 1.807) is 19.1 Å². The van der Waals surface area contributed by atoms with Crippen LogP contribution in [0.2, 0.25) is 5.02 Å². The molecule has 0 aliphatic rings. The molecule has 0 amide bonds. The van der Waals surface area contributed by atoms with Crippen LogP contribution in [-0.2, 0) is 9.53 Å². The Balaban J connectivity index is 2.47. The predicted octanol–water partition coefficient (Wildman–Crippen LogP) is 3.07. The second kappa shape index (κ2) is 7.24. The SMILES string of the molecule is CCOC(=O)CCC(=P)Nc1ccc(Cl)cc1O. The van der Waals surface area contributed by atoms with E-state index in [2.05, 4.69) is 14.2 Å². The first kappa shape index (κ1) is 14.8. The number of carbonyl (C=O) groups excluding carboxylic acids is 1. The number of aromatic hydroxyl groups is 1. The summed E-state index contributed by atoms with van der Waals surface area (Å²) in [6, 6.07) is 4.76. The number of nitrogens with one attached hydrogen (secondary N) is 1. The molecule has 1 aromatic rings. The maximum absolute atomic E-state index is 11.2. The van der Waals surface area contributed by atoms with E-state index in [4.69, 9.17) is 16.3 Å². The first-order valence-corrected chi connectivity index (χ1v) is 6.39. The minimum Gasteiger partial charge on any atom is -0.506 e. The van der Waals surface area contributed by atoms with Crippen molar-refractivity contribution in [1.29, 1.82) is 0 Å². The number of anilines is 1. The van der Waals surface area contributed by atoms with Crippen LogP contribution in [0.5, 0.6) is 5.75 Å². The highest BCUT2D eigenvalue weighted by molar-refractivity contribution is 7.21. The van der Waals surface area contributed by atoms with Crippen LogP contribution in [-0.4, -0.2) is 23.1 Å². The van der Waals surface area contributed by atoms with E-state index in [0.717, 1.165) is 0 Å². The summed E-state index contributed by atoms with van der Waals surface area (Å²) >= 11 is 5.72. The van der Waals surface area contributed by atoms with Crippen molar-refractivity contribution in [3.8, 4) is 5.75 Å². The van der Waals surface area contributed by atoms with Crippen LogP contribution in [0.15, 0.2) is 18.2 Å². The third-order valence-corrected chi connectivity index (χ3v) is 2.74. The quantitative estimate of drug-likeness (QED) is 0.479. The zero-order chi connectivity index (χ0) is 13.5. The molecule has 0 heterocycles. The van der Waals surface area contributed by atoms with Crippen molar-refractivity contribution >= 4 is 37.5 Å². The van der Waals surface area contributed by atoms with Crippen LogP contribution < -0.4 is 5.32 Å². The molecule has 0 bridgehead atoms. The van der Waals surface area contributed by atoms with E-state index < -0.39 is 0 Å². The minimum atomic E-state index is -0.254. The maximum Gasteiger partial charge on any atom is 0.306 e. The molecule has 1 rings (SSSR count). The van der Waals surface area contributed by atoms with E-state index in [1.165, 1.54) is 6.07 Å². The molecule has 0 aromatic heterocycles. The van der Waals surface area contributed by atoms with Gasteiger partial charge in [-0.05, 0) is 19.1 Å². The van der Waals surface area contributed by atoms with Gasteiger partial charge in [0.2, 0.25) is 0 Å². The highest BCUT2D eigenvalue weighted by Gasteiger charge is 2.06. The van der Waals surface area contributed by atoms with Crippen LogP contribution in [0.4, 0.5) is 5.69 Å². The van der Waals surface area contributed by atoms with Gasteiger partial charge in [-0.2, -0.15) is 0 Å².